The lowest BCUT2D eigenvalue weighted by atomic mass is 9.73. The van der Waals surface area contributed by atoms with E-state index in [0.717, 1.165) is 103 Å². The van der Waals surface area contributed by atoms with Crippen LogP contribution in [0.2, 0.25) is 0 Å². The Morgan fingerprint density at radius 2 is 1.26 bits per heavy atom. The van der Waals surface area contributed by atoms with Gasteiger partial charge in [-0.1, -0.05) is 23.5 Å². The first kappa shape index (κ1) is 58.7. The van der Waals surface area contributed by atoms with Gasteiger partial charge in [0.25, 0.3) is 0 Å². The van der Waals surface area contributed by atoms with Crippen LogP contribution in [0.3, 0.4) is 0 Å². The van der Waals surface area contributed by atoms with Gasteiger partial charge in [0.15, 0.2) is 34.8 Å². The van der Waals surface area contributed by atoms with Crippen LogP contribution >= 0.6 is 23.5 Å². The van der Waals surface area contributed by atoms with Gasteiger partial charge in [-0.25, -0.2) is 34.7 Å². The molecule has 0 saturated carbocycles. The van der Waals surface area contributed by atoms with E-state index in [1.54, 1.807) is 31.9 Å². The van der Waals surface area contributed by atoms with Gasteiger partial charge in [0.2, 0.25) is 0 Å². The van der Waals surface area contributed by atoms with Gasteiger partial charge in [0.1, 0.15) is 47.0 Å². The number of hydrogen-bond donors (Lipinski definition) is 5. The quantitative estimate of drug-likeness (QED) is 0.0817. The molecule has 8 aliphatic heterocycles. The number of methoxy groups -OCH3 is 1. The van der Waals surface area contributed by atoms with Gasteiger partial charge in [-0.3, -0.25) is 0 Å². The molecule has 4 aromatic heterocycles. The number of aliphatic hydroxyl groups is 3. The normalized spacial score (nSPS) is 26.8. The smallest absolute Gasteiger partial charge is 0.407 e. The van der Waals surface area contributed by atoms with Crippen molar-refractivity contribution >= 4 is 52.9 Å². The third-order valence-electron chi connectivity index (χ3n) is 17.6. The van der Waals surface area contributed by atoms with Crippen molar-refractivity contribution in [3.63, 3.8) is 0 Å². The summed E-state index contributed by atoms with van der Waals surface area (Å²) in [6.07, 6.45) is 12.1. The Morgan fingerprint density at radius 1 is 0.744 bits per heavy atom. The molecule has 0 unspecified atom stereocenters. The van der Waals surface area contributed by atoms with E-state index in [1.165, 1.54) is 23.5 Å². The molecule has 8 aliphatic rings. The summed E-state index contributed by atoms with van der Waals surface area (Å²) in [5.41, 5.74) is 6.84. The first-order chi connectivity index (χ1) is 39.6. The molecule has 8 atom stereocenters. The van der Waals surface area contributed by atoms with E-state index in [9.17, 15) is 20.1 Å². The number of nitrogens with zero attached hydrogens (tertiary/aromatic N) is 10. The highest BCUT2D eigenvalue weighted by Gasteiger charge is 2.52. The summed E-state index contributed by atoms with van der Waals surface area (Å²) in [5, 5.41) is 34.5. The van der Waals surface area contributed by atoms with Crippen LogP contribution in [0.4, 0.5) is 28.1 Å². The number of aliphatic hydroxyl groups excluding tert-OH is 3. The molecule has 0 aliphatic carbocycles. The molecular weight excluding hydrogens is 1090 g/mol. The number of nitrogens with one attached hydrogen (secondary N) is 1. The average molecular weight is 1170 g/mol. The third-order valence-corrected chi connectivity index (χ3v) is 19.5. The average Bonchev–Trinajstić information content (AvgIpc) is 4.34. The molecule has 6 fully saturated rings. The van der Waals surface area contributed by atoms with Gasteiger partial charge < -0.3 is 79.1 Å². The molecule has 0 bridgehead atoms. The zero-order chi connectivity index (χ0) is 57.3. The van der Waals surface area contributed by atoms with Crippen LogP contribution in [0.5, 0.6) is 11.5 Å². The highest BCUT2D eigenvalue weighted by atomic mass is 32.2. The predicted octanol–water partition coefficient (Wildman–Crippen LogP) is 5.05. The summed E-state index contributed by atoms with van der Waals surface area (Å²) in [6.45, 7) is 17.5. The topological polar surface area (TPSA) is 271 Å². The predicted molar refractivity (Wildman–Crippen MR) is 307 cm³/mol. The van der Waals surface area contributed by atoms with E-state index in [0.29, 0.717) is 86.1 Å². The number of nitrogens with two attached hydrogens (primary N) is 1. The minimum Gasteiger partial charge on any atom is -0.486 e. The van der Waals surface area contributed by atoms with Crippen molar-refractivity contribution in [2.24, 2.45) is 28.4 Å². The Bertz CT molecular complexity index is 2880. The molecule has 12 heterocycles. The summed E-state index contributed by atoms with van der Waals surface area (Å²) < 4.78 is 40.5. The lowest BCUT2D eigenvalue weighted by molar-refractivity contribution is -0.0414. The maximum absolute atomic E-state index is 12.6. The van der Waals surface area contributed by atoms with E-state index in [4.69, 9.17) is 58.8 Å². The highest BCUT2D eigenvalue weighted by molar-refractivity contribution is 7.99. The summed E-state index contributed by atoms with van der Waals surface area (Å²) in [5.74, 6) is 5.22. The van der Waals surface area contributed by atoms with E-state index in [1.807, 2.05) is 39.8 Å². The number of hydrogen-bond acceptors (Lipinski definition) is 24. The van der Waals surface area contributed by atoms with Crippen LogP contribution in [0.25, 0.3) is 0 Å². The number of pyridine rings is 2. The summed E-state index contributed by atoms with van der Waals surface area (Å²) in [7, 11) is 1.63. The van der Waals surface area contributed by atoms with Crippen molar-refractivity contribution in [1.29, 1.82) is 0 Å². The minimum absolute atomic E-state index is 0.0322. The number of fused-ring (bicyclic) bond motifs is 6. The second-order valence-electron chi connectivity index (χ2n) is 24.2. The number of anilines is 4. The fourth-order valence-corrected chi connectivity index (χ4v) is 15.0. The lowest BCUT2D eigenvalue weighted by Crippen LogP contribution is -2.55. The van der Waals surface area contributed by atoms with Crippen LogP contribution in [-0.2, 0) is 36.9 Å². The molecular formula is C57H80N12O11S2. The molecule has 82 heavy (non-hydrogen) atoms. The van der Waals surface area contributed by atoms with Crippen molar-refractivity contribution in [2.75, 3.05) is 112 Å². The fourth-order valence-electron chi connectivity index (χ4n) is 13.3. The number of carbonyl (C=O) groups excluding carboxylic acids is 1. The van der Waals surface area contributed by atoms with Crippen molar-refractivity contribution in [1.82, 2.24) is 35.2 Å². The summed E-state index contributed by atoms with van der Waals surface area (Å²) in [4.78, 5) is 51.8. The van der Waals surface area contributed by atoms with Crippen molar-refractivity contribution < 1.29 is 53.3 Å². The van der Waals surface area contributed by atoms with Gasteiger partial charge in [-0.05, 0) is 85.3 Å². The fraction of sp³-hybridized carbons (Fsp3) is 0.667. The van der Waals surface area contributed by atoms with Crippen LogP contribution < -0.4 is 40.1 Å². The first-order valence-electron chi connectivity index (χ1n) is 28.8. The van der Waals surface area contributed by atoms with Gasteiger partial charge in [-0.15, -0.1) is 0 Å². The van der Waals surface area contributed by atoms with E-state index < -0.39 is 11.7 Å². The molecule has 4 aromatic rings. The lowest BCUT2D eigenvalue weighted by Gasteiger charge is -2.43. The first-order valence-corrected chi connectivity index (χ1v) is 30.5. The molecule has 446 valence electrons. The largest absolute Gasteiger partial charge is 0.486 e. The Kier molecular flexibility index (Phi) is 17.8. The van der Waals surface area contributed by atoms with Gasteiger partial charge in [0, 0.05) is 94.1 Å². The Labute approximate surface area is 488 Å². The minimum atomic E-state index is -0.572. The number of amides is 1. The highest BCUT2D eigenvalue weighted by Crippen LogP contribution is 2.49. The molecule has 2 spiro atoms. The van der Waals surface area contributed by atoms with Gasteiger partial charge in [0.05, 0.1) is 85.6 Å². The Hall–Kier alpha value is -5.09. The second kappa shape index (κ2) is 24.9. The Morgan fingerprint density at radius 3 is 1.76 bits per heavy atom. The number of alkyl carbamates (subject to hydrolysis) is 1. The SMILES string of the molecule is COCOC[C@H]1C[C@H]2COc3c(Sc4cnc(N5CCC6(CC5)CO[C@@H](C)[C@H]6NC(=O)OC(C)(C)C)c(CO)n4)ccnc3N2C1.C[C@@H]1OCC2(CCN(c3ncc(Sc4ccnc5c4OC[C@@H]4C[C@H](CO)CN54)nc3CO)CC2)[C@@H]1N. The maximum atomic E-state index is 12.6. The molecule has 0 aromatic carbocycles. The summed E-state index contributed by atoms with van der Waals surface area (Å²) in [6, 6.07) is 4.29. The van der Waals surface area contributed by atoms with E-state index in [2.05, 4.69) is 41.8 Å². The number of carbonyl (C=O) groups is 1. The number of piperidine rings is 2. The molecule has 23 nitrogen and oxygen atoms in total. The monoisotopic (exact) mass is 1170 g/mol. The molecule has 12 rings (SSSR count). The number of ether oxygens (including phenoxy) is 7. The van der Waals surface area contributed by atoms with Crippen LogP contribution in [0, 0.1) is 22.7 Å². The Balaban J connectivity index is 0.000000177. The van der Waals surface area contributed by atoms with Crippen molar-refractivity contribution in [2.45, 2.75) is 148 Å². The van der Waals surface area contributed by atoms with E-state index in [-0.39, 0.29) is 72.9 Å². The van der Waals surface area contributed by atoms with Crippen molar-refractivity contribution in [3.05, 3.63) is 48.3 Å². The summed E-state index contributed by atoms with van der Waals surface area (Å²) >= 11 is 2.93. The maximum Gasteiger partial charge on any atom is 0.407 e. The van der Waals surface area contributed by atoms with Crippen LogP contribution in [0.1, 0.15) is 84.5 Å². The number of aromatic nitrogens is 6. The molecule has 0 radical (unpaired) electrons. The molecule has 6 saturated heterocycles. The van der Waals surface area contributed by atoms with Crippen LogP contribution in [0.15, 0.2) is 56.8 Å². The van der Waals surface area contributed by atoms with E-state index >= 15 is 0 Å². The molecule has 6 N–H and O–H groups in total. The van der Waals surface area contributed by atoms with Gasteiger partial charge >= 0.3 is 6.09 Å². The number of rotatable bonds is 14. The van der Waals surface area contributed by atoms with Crippen molar-refractivity contribution in [3.8, 4) is 11.5 Å². The zero-order valence-electron chi connectivity index (χ0n) is 47.9. The second-order valence-corrected chi connectivity index (χ2v) is 26.3. The molecule has 1 amide bonds. The third kappa shape index (κ3) is 12.2. The van der Waals surface area contributed by atoms with Crippen LogP contribution in [-0.4, -0.2) is 186 Å². The zero-order valence-corrected chi connectivity index (χ0v) is 49.5. The van der Waals surface area contributed by atoms with Gasteiger partial charge in [-0.2, -0.15) is 0 Å². The molecule has 25 heteroatoms. The standard InChI is InChI=1S/C32H46N6O7S.C25H34N6O4S/c1-20-27(36-30(40)45-31(2,3)4)32(18-44-20)7-10-37(11-8-32)28-23(15-39)35-25(13-34-28)46-24-6-9-33-29-26(24)43-17-22-12-21(14-38(22)29)16-42-19-41-5;1-15-22(26)25(14-35-15)3-6-30(7-4-25)23-18(12-33)29-20(9-28-23)36-19-2-5-27-24-21(19)34-13-17-8-16(11-32)10-31(17)24/h6,9,13,20-22,27,39H,7-8,10-12,14-19H2,1-5H3,(H,36,40);2,5,9,15-17,22,32-33H,3-4,6-8,10-14,26H2,1H3/t20-,21-,22-,27+;15-,16-,17-,22+/m00/s1.